The number of benzene rings is 1. The maximum absolute atomic E-state index is 12.5. The first-order valence-corrected chi connectivity index (χ1v) is 9.00. The molecule has 138 valence electrons. The molecule has 0 fully saturated rings. The second-order valence-corrected chi connectivity index (χ2v) is 6.85. The highest BCUT2D eigenvalue weighted by molar-refractivity contribution is 5.97. The highest BCUT2D eigenvalue weighted by Crippen LogP contribution is 2.09. The summed E-state index contributed by atoms with van der Waals surface area (Å²) in [6.45, 7) is 5.53. The minimum atomic E-state index is -0.101. The maximum atomic E-state index is 12.5. The summed E-state index contributed by atoms with van der Waals surface area (Å²) in [6.07, 6.45) is 5.23. The molecule has 5 nitrogen and oxygen atoms in total. The van der Waals surface area contributed by atoms with Crippen molar-refractivity contribution in [2.45, 2.75) is 26.7 Å². The molecule has 0 saturated carbocycles. The summed E-state index contributed by atoms with van der Waals surface area (Å²) >= 11 is 0. The first kappa shape index (κ1) is 19.6. The molecule has 2 aromatic rings. The average molecular weight is 353 g/mol. The zero-order chi connectivity index (χ0) is 18.9. The SMILES string of the molecule is CC(C)CCNC(=O)c1ccc(C(=O)N(C)CCc2ccncc2)cc1. The highest BCUT2D eigenvalue weighted by atomic mass is 16.2. The zero-order valence-corrected chi connectivity index (χ0v) is 15.7. The van der Waals surface area contributed by atoms with E-state index in [4.69, 9.17) is 0 Å². The smallest absolute Gasteiger partial charge is 0.253 e. The molecule has 1 aromatic heterocycles. The van der Waals surface area contributed by atoms with Crippen LogP contribution in [0.2, 0.25) is 0 Å². The molecule has 1 aromatic carbocycles. The van der Waals surface area contributed by atoms with E-state index in [1.54, 1.807) is 48.6 Å². The van der Waals surface area contributed by atoms with Crippen LogP contribution >= 0.6 is 0 Å². The number of aromatic nitrogens is 1. The molecule has 0 radical (unpaired) electrons. The van der Waals surface area contributed by atoms with Crippen molar-refractivity contribution in [2.24, 2.45) is 5.92 Å². The quantitative estimate of drug-likeness (QED) is 0.793. The first-order chi connectivity index (χ1) is 12.5. The molecular formula is C21H27N3O2. The van der Waals surface area contributed by atoms with Crippen LogP contribution in [0.4, 0.5) is 0 Å². The molecular weight excluding hydrogens is 326 g/mol. The fourth-order valence-corrected chi connectivity index (χ4v) is 2.51. The lowest BCUT2D eigenvalue weighted by molar-refractivity contribution is 0.0795. The third kappa shape index (κ3) is 5.99. The van der Waals surface area contributed by atoms with Gasteiger partial charge in [-0.1, -0.05) is 13.8 Å². The number of rotatable bonds is 8. The number of nitrogens with one attached hydrogen (secondary N) is 1. The Kier molecular flexibility index (Phi) is 7.33. The van der Waals surface area contributed by atoms with Gasteiger partial charge in [0.25, 0.3) is 11.8 Å². The first-order valence-electron chi connectivity index (χ1n) is 9.00. The Morgan fingerprint density at radius 1 is 1.04 bits per heavy atom. The Hall–Kier alpha value is -2.69. The summed E-state index contributed by atoms with van der Waals surface area (Å²) in [4.78, 5) is 30.3. The van der Waals surface area contributed by atoms with Crippen LogP contribution in [0.5, 0.6) is 0 Å². The monoisotopic (exact) mass is 353 g/mol. The lowest BCUT2D eigenvalue weighted by Crippen LogP contribution is -2.29. The summed E-state index contributed by atoms with van der Waals surface area (Å²) in [7, 11) is 1.79. The molecule has 0 atom stereocenters. The van der Waals surface area contributed by atoms with Crippen LogP contribution < -0.4 is 5.32 Å². The summed E-state index contributed by atoms with van der Waals surface area (Å²) in [5.41, 5.74) is 2.30. The molecule has 0 saturated heterocycles. The van der Waals surface area contributed by atoms with Gasteiger partial charge < -0.3 is 10.2 Å². The number of nitrogens with zero attached hydrogens (tertiary/aromatic N) is 2. The van der Waals surface area contributed by atoms with E-state index < -0.39 is 0 Å². The van der Waals surface area contributed by atoms with Gasteiger partial charge in [-0.05, 0) is 60.7 Å². The van der Waals surface area contributed by atoms with E-state index in [-0.39, 0.29) is 11.8 Å². The van der Waals surface area contributed by atoms with Crippen LogP contribution in [-0.4, -0.2) is 41.8 Å². The van der Waals surface area contributed by atoms with Crippen LogP contribution in [-0.2, 0) is 6.42 Å². The van der Waals surface area contributed by atoms with E-state index in [9.17, 15) is 9.59 Å². The highest BCUT2D eigenvalue weighted by Gasteiger charge is 2.13. The van der Waals surface area contributed by atoms with Crippen molar-refractivity contribution >= 4 is 11.8 Å². The largest absolute Gasteiger partial charge is 0.352 e. The van der Waals surface area contributed by atoms with Crippen molar-refractivity contribution in [2.75, 3.05) is 20.1 Å². The molecule has 2 amide bonds. The number of pyridine rings is 1. The Morgan fingerprint density at radius 2 is 1.65 bits per heavy atom. The number of amides is 2. The van der Waals surface area contributed by atoms with Crippen molar-refractivity contribution in [1.82, 2.24) is 15.2 Å². The topological polar surface area (TPSA) is 62.3 Å². The van der Waals surface area contributed by atoms with E-state index in [0.29, 0.717) is 30.1 Å². The minimum absolute atomic E-state index is 0.0502. The Labute approximate surface area is 155 Å². The minimum Gasteiger partial charge on any atom is -0.352 e. The third-order valence-electron chi connectivity index (χ3n) is 4.23. The molecule has 1 heterocycles. The van der Waals surface area contributed by atoms with Gasteiger partial charge in [-0.15, -0.1) is 0 Å². The van der Waals surface area contributed by atoms with Crippen molar-refractivity contribution in [3.8, 4) is 0 Å². The van der Waals surface area contributed by atoms with Gasteiger partial charge in [-0.2, -0.15) is 0 Å². The van der Waals surface area contributed by atoms with E-state index in [2.05, 4.69) is 24.1 Å². The van der Waals surface area contributed by atoms with Crippen molar-refractivity contribution < 1.29 is 9.59 Å². The standard InChI is InChI=1S/C21H27N3O2/c1-16(2)8-14-23-20(25)18-4-6-19(7-5-18)21(26)24(3)15-11-17-9-12-22-13-10-17/h4-7,9-10,12-13,16H,8,11,14-15H2,1-3H3,(H,23,25). The Morgan fingerprint density at radius 3 is 2.27 bits per heavy atom. The molecule has 26 heavy (non-hydrogen) atoms. The van der Waals surface area contributed by atoms with Gasteiger partial charge >= 0.3 is 0 Å². The van der Waals surface area contributed by atoms with Gasteiger partial charge in [0, 0.05) is 43.7 Å². The van der Waals surface area contributed by atoms with Gasteiger partial charge in [0.05, 0.1) is 0 Å². The van der Waals surface area contributed by atoms with Crippen LogP contribution in [0.3, 0.4) is 0 Å². The van der Waals surface area contributed by atoms with Gasteiger partial charge in [-0.3, -0.25) is 14.6 Å². The molecule has 0 unspecified atom stereocenters. The Bertz CT molecular complexity index is 712. The number of hydrogen-bond acceptors (Lipinski definition) is 3. The van der Waals surface area contributed by atoms with Crippen LogP contribution in [0.1, 0.15) is 46.5 Å². The predicted molar refractivity (Wildman–Crippen MR) is 103 cm³/mol. The van der Waals surface area contributed by atoms with Gasteiger partial charge in [-0.25, -0.2) is 0 Å². The Balaban J connectivity index is 1.88. The van der Waals surface area contributed by atoms with Crippen molar-refractivity contribution in [3.05, 3.63) is 65.5 Å². The number of likely N-dealkylation sites (N-methyl/N-ethyl adjacent to an activating group) is 1. The average Bonchev–Trinajstić information content (AvgIpc) is 2.66. The molecule has 0 spiro atoms. The summed E-state index contributed by atoms with van der Waals surface area (Å²) in [5.74, 6) is 0.402. The van der Waals surface area contributed by atoms with E-state index >= 15 is 0 Å². The van der Waals surface area contributed by atoms with Crippen molar-refractivity contribution in [1.29, 1.82) is 0 Å². The van der Waals surface area contributed by atoms with Crippen LogP contribution in [0.25, 0.3) is 0 Å². The second kappa shape index (κ2) is 9.70. The predicted octanol–water partition coefficient (Wildman–Crippen LogP) is 3.17. The number of hydrogen-bond donors (Lipinski definition) is 1. The van der Waals surface area contributed by atoms with Crippen molar-refractivity contribution in [3.63, 3.8) is 0 Å². The number of carbonyl (C=O) groups is 2. The van der Waals surface area contributed by atoms with Gasteiger partial charge in [0.15, 0.2) is 0 Å². The van der Waals surface area contributed by atoms with Gasteiger partial charge in [0.1, 0.15) is 0 Å². The summed E-state index contributed by atoms with van der Waals surface area (Å²) in [5, 5.41) is 2.90. The van der Waals surface area contributed by atoms with E-state index in [0.717, 1.165) is 18.4 Å². The molecule has 5 heteroatoms. The second-order valence-electron chi connectivity index (χ2n) is 6.85. The molecule has 0 bridgehead atoms. The fourth-order valence-electron chi connectivity index (χ4n) is 2.51. The summed E-state index contributed by atoms with van der Waals surface area (Å²) in [6, 6.07) is 10.7. The lowest BCUT2D eigenvalue weighted by Gasteiger charge is -2.17. The number of carbonyl (C=O) groups excluding carboxylic acids is 2. The molecule has 1 N–H and O–H groups in total. The lowest BCUT2D eigenvalue weighted by atomic mass is 10.1. The molecule has 0 aliphatic rings. The fraction of sp³-hybridized carbons (Fsp3) is 0.381. The van der Waals surface area contributed by atoms with E-state index in [1.165, 1.54) is 0 Å². The molecule has 2 rings (SSSR count). The maximum Gasteiger partial charge on any atom is 0.253 e. The third-order valence-corrected chi connectivity index (χ3v) is 4.23. The molecule has 0 aliphatic carbocycles. The van der Waals surface area contributed by atoms with Crippen LogP contribution in [0.15, 0.2) is 48.8 Å². The zero-order valence-electron chi connectivity index (χ0n) is 15.7. The van der Waals surface area contributed by atoms with Crippen LogP contribution in [0, 0.1) is 5.92 Å². The normalized spacial score (nSPS) is 10.6. The van der Waals surface area contributed by atoms with Gasteiger partial charge in [0.2, 0.25) is 0 Å². The van der Waals surface area contributed by atoms with E-state index in [1.807, 2.05) is 12.1 Å². The molecule has 0 aliphatic heterocycles. The summed E-state index contributed by atoms with van der Waals surface area (Å²) < 4.78 is 0.